The average molecular weight is 98.1 g/mol. The van der Waals surface area contributed by atoms with Crippen LogP contribution in [0.4, 0.5) is 0 Å². The van der Waals surface area contributed by atoms with Crippen molar-refractivity contribution >= 4 is 21.9 Å². The summed E-state index contributed by atoms with van der Waals surface area (Å²) in [6, 6.07) is 0. The zero-order chi connectivity index (χ0) is 3.41. The van der Waals surface area contributed by atoms with Gasteiger partial charge in [-0.25, -0.2) is 0 Å². The molecular weight excluding hydrogens is 95.0 g/mol. The Balaban J connectivity index is 1.97. The van der Waals surface area contributed by atoms with E-state index in [9.17, 15) is 0 Å². The molecule has 0 aliphatic rings. The fourth-order valence-electron chi connectivity index (χ4n) is 0. The van der Waals surface area contributed by atoms with Crippen molar-refractivity contribution in [2.24, 2.45) is 0 Å². The molecule has 0 aromatic heterocycles. The summed E-state index contributed by atoms with van der Waals surface area (Å²) >= 11 is 3.18. The summed E-state index contributed by atoms with van der Waals surface area (Å²) in [7, 11) is -0.495. The van der Waals surface area contributed by atoms with Gasteiger partial charge in [-0.3, -0.25) is 3.97 Å². The van der Waals surface area contributed by atoms with Crippen LogP contribution in [-0.2, 0) is 3.97 Å². The lowest BCUT2D eigenvalue weighted by Gasteiger charge is -1.72. The first kappa shape index (κ1) is 4.70. The van der Waals surface area contributed by atoms with E-state index in [0.717, 1.165) is 0 Å². The van der Waals surface area contributed by atoms with Crippen molar-refractivity contribution in [3.63, 3.8) is 0 Å². The van der Waals surface area contributed by atoms with Crippen LogP contribution < -0.4 is 0 Å². The molecule has 0 saturated carbocycles. The summed E-state index contributed by atoms with van der Waals surface area (Å²) in [5.41, 5.74) is 0. The highest BCUT2D eigenvalue weighted by Crippen LogP contribution is 2.03. The van der Waals surface area contributed by atoms with E-state index in [1.165, 1.54) is 0 Å². The Morgan fingerprint density at radius 2 is 2.25 bits per heavy atom. The molecule has 0 aliphatic carbocycles. The number of thiol groups is 1. The molecule has 1 unspecified atom stereocenters. The smallest absolute Gasteiger partial charge is 0.166 e. The molecule has 0 amide bonds. The molecule has 0 heterocycles. The average Bonchev–Trinajstić information content (AvgIpc) is 1.37. The molecule has 4 heteroatoms. The molecule has 0 aromatic rings. The maximum Gasteiger partial charge on any atom is 0.166 e. The molecular formula is H3O2PS. The molecule has 0 aliphatic heterocycles. The van der Waals surface area contributed by atoms with E-state index >= 15 is 0 Å². The van der Waals surface area contributed by atoms with E-state index in [1.807, 2.05) is 0 Å². The van der Waals surface area contributed by atoms with Gasteiger partial charge in [0, 0.05) is 0 Å². The molecule has 0 fully saturated rings. The highest BCUT2D eigenvalue weighted by Gasteiger charge is 1.55. The van der Waals surface area contributed by atoms with Gasteiger partial charge in [0.2, 0.25) is 0 Å². The molecule has 1 atom stereocenters. The summed E-state index contributed by atoms with van der Waals surface area (Å²) in [6.45, 7) is 0. The Hall–Kier alpha value is 0.700. The third-order valence-corrected chi connectivity index (χ3v) is 0.367. The van der Waals surface area contributed by atoms with Crippen LogP contribution in [-0.4, -0.2) is 4.89 Å². The molecule has 0 bridgehead atoms. The van der Waals surface area contributed by atoms with Crippen molar-refractivity contribution in [2.45, 2.75) is 0 Å². The van der Waals surface area contributed by atoms with Crippen molar-refractivity contribution in [1.82, 2.24) is 0 Å². The maximum absolute atomic E-state index is 7.60. The molecule has 0 radical (unpaired) electrons. The van der Waals surface area contributed by atoms with Crippen molar-refractivity contribution in [3.8, 4) is 0 Å². The second-order valence-corrected chi connectivity index (χ2v) is 1.10. The van der Waals surface area contributed by atoms with Crippen molar-refractivity contribution in [2.75, 3.05) is 0 Å². The topological polar surface area (TPSA) is 29.5 Å². The minimum atomic E-state index is -0.495. The van der Waals surface area contributed by atoms with E-state index in [0.29, 0.717) is 0 Å². The minimum absolute atomic E-state index is 0.495. The molecule has 4 heavy (non-hydrogen) atoms. The first-order valence-electron chi connectivity index (χ1n) is 0.610. The Morgan fingerprint density at radius 1 is 2.00 bits per heavy atom. The summed E-state index contributed by atoms with van der Waals surface area (Å²) in [6.07, 6.45) is 0. The van der Waals surface area contributed by atoms with Gasteiger partial charge in [0.1, 0.15) is 0 Å². The summed E-state index contributed by atoms with van der Waals surface area (Å²) < 4.78 is 3.82. The van der Waals surface area contributed by atoms with Crippen LogP contribution in [0.2, 0.25) is 0 Å². The SMILES string of the molecule is OPOS. The molecule has 0 saturated heterocycles. The fourth-order valence-corrected chi connectivity index (χ4v) is 0. The molecule has 0 aromatic carbocycles. The predicted molar refractivity (Wildman–Crippen MR) is 20.6 cm³/mol. The molecule has 26 valence electrons. The predicted octanol–water partition coefficient (Wildman–Crippen LogP) is 0.349. The van der Waals surface area contributed by atoms with E-state index < -0.39 is 9.03 Å². The minimum Gasteiger partial charge on any atom is -0.351 e. The maximum atomic E-state index is 7.60. The van der Waals surface area contributed by atoms with E-state index in [1.54, 1.807) is 0 Å². The van der Waals surface area contributed by atoms with Crippen LogP contribution in [0.3, 0.4) is 0 Å². The van der Waals surface area contributed by atoms with Crippen LogP contribution in [0.25, 0.3) is 0 Å². The Morgan fingerprint density at radius 3 is 2.25 bits per heavy atom. The quantitative estimate of drug-likeness (QED) is 0.281. The monoisotopic (exact) mass is 98.0 g/mol. The highest BCUT2D eigenvalue weighted by molar-refractivity contribution is 7.78. The zero-order valence-corrected chi connectivity index (χ0v) is 3.70. The number of rotatable bonds is 1. The van der Waals surface area contributed by atoms with Gasteiger partial charge in [0.05, 0.1) is 0 Å². The van der Waals surface area contributed by atoms with Crippen molar-refractivity contribution < 1.29 is 8.86 Å². The van der Waals surface area contributed by atoms with Crippen molar-refractivity contribution in [1.29, 1.82) is 0 Å². The standard InChI is InChI=1S/H3O2PS/c1-3-2-4/h1,3-4H. The summed E-state index contributed by atoms with van der Waals surface area (Å²) in [5.74, 6) is 0. The lowest BCUT2D eigenvalue weighted by atomic mass is 15.8. The van der Waals surface area contributed by atoms with Crippen LogP contribution in [0.1, 0.15) is 0 Å². The van der Waals surface area contributed by atoms with Gasteiger partial charge >= 0.3 is 0 Å². The first-order chi connectivity index (χ1) is 1.91. The van der Waals surface area contributed by atoms with Gasteiger partial charge in [-0.05, 0) is 12.9 Å². The number of hydrogen-bond acceptors (Lipinski definition) is 3. The van der Waals surface area contributed by atoms with Crippen LogP contribution in [0, 0.1) is 0 Å². The molecule has 0 rings (SSSR count). The third kappa shape index (κ3) is 2.70. The fraction of sp³-hybridized carbons (Fsp3) is 0. The first-order valence-corrected chi connectivity index (χ1v) is 1.83. The Bertz CT molecular complexity index is 8.00. The van der Waals surface area contributed by atoms with Gasteiger partial charge in [0.15, 0.2) is 9.03 Å². The Labute approximate surface area is 31.7 Å². The van der Waals surface area contributed by atoms with Crippen LogP contribution in [0.15, 0.2) is 0 Å². The summed E-state index contributed by atoms with van der Waals surface area (Å²) in [5, 5.41) is 0. The lowest BCUT2D eigenvalue weighted by molar-refractivity contribution is 0.559. The van der Waals surface area contributed by atoms with Gasteiger partial charge in [-0.15, -0.1) is 0 Å². The molecule has 0 spiro atoms. The van der Waals surface area contributed by atoms with Crippen LogP contribution >= 0.6 is 21.9 Å². The van der Waals surface area contributed by atoms with Gasteiger partial charge in [-0.2, -0.15) is 0 Å². The van der Waals surface area contributed by atoms with E-state index in [-0.39, 0.29) is 0 Å². The molecule has 1 N–H and O–H groups in total. The lowest BCUT2D eigenvalue weighted by Crippen LogP contribution is -1.35. The Kier molecular flexibility index (Phi) is 4.35. The molecule has 2 nitrogen and oxygen atoms in total. The second kappa shape index (κ2) is 3.70. The van der Waals surface area contributed by atoms with Gasteiger partial charge in [-0.1, -0.05) is 0 Å². The third-order valence-electron chi connectivity index (χ3n) is 0.0408. The van der Waals surface area contributed by atoms with E-state index in [2.05, 4.69) is 16.9 Å². The second-order valence-electron chi connectivity index (χ2n) is 0.183. The normalized spacial score (nSPS) is 10.5. The highest BCUT2D eigenvalue weighted by atomic mass is 32.1. The van der Waals surface area contributed by atoms with Crippen molar-refractivity contribution in [3.05, 3.63) is 0 Å². The zero-order valence-electron chi connectivity index (χ0n) is 1.80. The largest absolute Gasteiger partial charge is 0.351 e. The van der Waals surface area contributed by atoms with E-state index in [4.69, 9.17) is 4.89 Å². The summed E-state index contributed by atoms with van der Waals surface area (Å²) in [4.78, 5) is 7.60. The van der Waals surface area contributed by atoms with Gasteiger partial charge in [0.25, 0.3) is 0 Å². The van der Waals surface area contributed by atoms with Gasteiger partial charge < -0.3 is 4.89 Å². The van der Waals surface area contributed by atoms with Crippen LogP contribution in [0.5, 0.6) is 0 Å². The number of hydrogen-bond donors (Lipinski definition) is 2.